The minimum atomic E-state index is -0.397. The van der Waals surface area contributed by atoms with Crippen LogP contribution in [0.3, 0.4) is 0 Å². The lowest BCUT2D eigenvalue weighted by Gasteiger charge is -2.05. The first-order chi connectivity index (χ1) is 13.6. The number of rotatable bonds is 5. The number of thioether (sulfide) groups is 1. The fourth-order valence-electron chi connectivity index (χ4n) is 2.55. The second-order valence-electron chi connectivity index (χ2n) is 5.85. The Kier molecular flexibility index (Phi) is 5.61. The van der Waals surface area contributed by atoms with Crippen molar-refractivity contribution in [3.05, 3.63) is 74.9 Å². The number of carbonyl (C=O) groups excluding carboxylic acids is 1. The van der Waals surface area contributed by atoms with Crippen LogP contribution in [0.1, 0.15) is 0 Å². The summed E-state index contributed by atoms with van der Waals surface area (Å²) < 4.78 is 6.95. The number of nitrogens with zero attached hydrogens (tertiary/aromatic N) is 1. The number of hydrogen-bond donors (Lipinski definition) is 1. The highest BCUT2D eigenvalue weighted by molar-refractivity contribution is 9.10. The first-order valence-corrected chi connectivity index (χ1v) is 10.9. The molecule has 2 aromatic carbocycles. The molecular weight excluding hydrogens is 460 g/mol. The number of thiazole rings is 1. The Labute approximate surface area is 176 Å². The van der Waals surface area contributed by atoms with Gasteiger partial charge in [-0.05, 0) is 36.4 Å². The summed E-state index contributed by atoms with van der Waals surface area (Å²) >= 11 is 6.34. The lowest BCUT2D eigenvalue weighted by molar-refractivity contribution is -0.113. The Bertz CT molecular complexity index is 1200. The summed E-state index contributed by atoms with van der Waals surface area (Å²) in [6.07, 6.45) is 0. The maximum Gasteiger partial charge on any atom is 0.336 e. The van der Waals surface area contributed by atoms with E-state index in [4.69, 9.17) is 4.42 Å². The zero-order valence-corrected chi connectivity index (χ0v) is 17.6. The summed E-state index contributed by atoms with van der Waals surface area (Å²) in [6, 6.07) is 16.1. The molecule has 0 aliphatic rings. The molecule has 8 heteroatoms. The molecule has 1 amide bonds. The van der Waals surface area contributed by atoms with Gasteiger partial charge in [-0.1, -0.05) is 39.8 Å². The van der Waals surface area contributed by atoms with Crippen molar-refractivity contribution in [2.75, 3.05) is 11.1 Å². The number of nitrogens with one attached hydrogen (secondary N) is 1. The molecule has 4 aromatic rings. The molecule has 0 aliphatic carbocycles. The second kappa shape index (κ2) is 8.30. The van der Waals surface area contributed by atoms with Gasteiger partial charge in [0.25, 0.3) is 0 Å². The minimum Gasteiger partial charge on any atom is -0.423 e. The summed E-state index contributed by atoms with van der Waals surface area (Å²) in [5.41, 5.74) is 2.69. The van der Waals surface area contributed by atoms with Crippen molar-refractivity contribution in [3.63, 3.8) is 0 Å². The Morgan fingerprint density at radius 2 is 1.96 bits per heavy atom. The highest BCUT2D eigenvalue weighted by atomic mass is 79.9. The summed E-state index contributed by atoms with van der Waals surface area (Å²) in [6.45, 7) is 0. The van der Waals surface area contributed by atoms with E-state index >= 15 is 0 Å². The van der Waals surface area contributed by atoms with Crippen LogP contribution < -0.4 is 10.9 Å². The van der Waals surface area contributed by atoms with Crippen LogP contribution in [0.4, 0.5) is 5.69 Å². The van der Waals surface area contributed by atoms with Crippen molar-refractivity contribution in [1.29, 1.82) is 0 Å². The van der Waals surface area contributed by atoms with Gasteiger partial charge in [-0.3, -0.25) is 4.79 Å². The molecule has 28 heavy (non-hydrogen) atoms. The van der Waals surface area contributed by atoms with E-state index in [1.807, 2.05) is 29.6 Å². The average Bonchev–Trinajstić information content (AvgIpc) is 3.16. The molecule has 0 spiro atoms. The topological polar surface area (TPSA) is 72.2 Å². The van der Waals surface area contributed by atoms with E-state index in [0.29, 0.717) is 11.3 Å². The van der Waals surface area contributed by atoms with Gasteiger partial charge in [-0.2, -0.15) is 0 Å². The van der Waals surface area contributed by atoms with Crippen molar-refractivity contribution in [2.45, 2.75) is 4.34 Å². The zero-order chi connectivity index (χ0) is 19.5. The van der Waals surface area contributed by atoms with Gasteiger partial charge in [0.05, 0.1) is 11.4 Å². The Balaban J connectivity index is 1.37. The quantitative estimate of drug-likeness (QED) is 0.310. The smallest absolute Gasteiger partial charge is 0.336 e. The fourth-order valence-corrected chi connectivity index (χ4v) is 4.45. The van der Waals surface area contributed by atoms with Crippen LogP contribution in [0.5, 0.6) is 0 Å². The first kappa shape index (κ1) is 18.9. The standard InChI is InChI=1S/C20H13BrN2O3S2/c21-14-4-1-12(2-5-14)16-10-27-20(23-16)28-11-18(24)22-15-6-7-17-13(9-15)3-8-19(25)26-17/h1-10H,11H2,(H,22,24). The monoisotopic (exact) mass is 472 g/mol. The molecule has 2 heterocycles. The third kappa shape index (κ3) is 4.52. The number of amides is 1. The van der Waals surface area contributed by atoms with Crippen LogP contribution in [0, 0.1) is 0 Å². The summed E-state index contributed by atoms with van der Waals surface area (Å²) in [7, 11) is 0. The van der Waals surface area contributed by atoms with Gasteiger partial charge in [-0.25, -0.2) is 9.78 Å². The third-order valence-electron chi connectivity index (χ3n) is 3.85. The number of hydrogen-bond acceptors (Lipinski definition) is 6. The fraction of sp³-hybridized carbons (Fsp3) is 0.0500. The Morgan fingerprint density at radius 3 is 2.79 bits per heavy atom. The van der Waals surface area contributed by atoms with Gasteiger partial charge in [-0.15, -0.1) is 11.3 Å². The Morgan fingerprint density at radius 1 is 1.14 bits per heavy atom. The number of fused-ring (bicyclic) bond motifs is 1. The molecule has 2 aromatic heterocycles. The highest BCUT2D eigenvalue weighted by Crippen LogP contribution is 2.29. The summed E-state index contributed by atoms with van der Waals surface area (Å²) in [5.74, 6) is 0.136. The molecule has 5 nitrogen and oxygen atoms in total. The SMILES string of the molecule is O=C(CSc1nc(-c2ccc(Br)cc2)cs1)Nc1ccc2oc(=O)ccc2c1. The summed E-state index contributed by atoms with van der Waals surface area (Å²) in [4.78, 5) is 28.1. The van der Waals surface area contributed by atoms with E-state index < -0.39 is 5.63 Å². The van der Waals surface area contributed by atoms with E-state index in [-0.39, 0.29) is 11.7 Å². The molecule has 1 N–H and O–H groups in total. The largest absolute Gasteiger partial charge is 0.423 e. The zero-order valence-electron chi connectivity index (χ0n) is 14.3. The number of benzene rings is 2. The van der Waals surface area contributed by atoms with Gasteiger partial charge in [0.2, 0.25) is 5.91 Å². The maximum absolute atomic E-state index is 12.3. The van der Waals surface area contributed by atoms with Crippen LogP contribution in [-0.4, -0.2) is 16.6 Å². The molecular formula is C20H13BrN2O3S2. The van der Waals surface area contributed by atoms with E-state index in [2.05, 4.69) is 26.2 Å². The average molecular weight is 473 g/mol. The van der Waals surface area contributed by atoms with E-state index in [1.165, 1.54) is 29.2 Å². The first-order valence-electron chi connectivity index (χ1n) is 8.25. The van der Waals surface area contributed by atoms with Gasteiger partial charge in [0.1, 0.15) is 5.58 Å². The van der Waals surface area contributed by atoms with Crippen molar-refractivity contribution in [2.24, 2.45) is 0 Å². The van der Waals surface area contributed by atoms with E-state index in [1.54, 1.807) is 24.3 Å². The third-order valence-corrected chi connectivity index (χ3v) is 6.40. The van der Waals surface area contributed by atoms with Crippen molar-refractivity contribution >= 4 is 61.6 Å². The number of carbonyl (C=O) groups is 1. The molecule has 0 bridgehead atoms. The minimum absolute atomic E-state index is 0.123. The molecule has 4 rings (SSSR count). The van der Waals surface area contributed by atoms with Gasteiger partial charge >= 0.3 is 5.63 Å². The second-order valence-corrected chi connectivity index (χ2v) is 8.85. The molecule has 0 unspecified atom stereocenters. The van der Waals surface area contributed by atoms with E-state index in [0.717, 1.165) is 25.5 Å². The Hall–Kier alpha value is -2.42. The van der Waals surface area contributed by atoms with Gasteiger partial charge < -0.3 is 9.73 Å². The van der Waals surface area contributed by atoms with Crippen LogP contribution in [0.15, 0.2) is 78.0 Å². The van der Waals surface area contributed by atoms with Gasteiger partial charge in [0, 0.05) is 32.6 Å². The lowest BCUT2D eigenvalue weighted by atomic mass is 10.2. The molecule has 0 aliphatic heterocycles. The van der Waals surface area contributed by atoms with Crippen molar-refractivity contribution in [3.8, 4) is 11.3 Å². The predicted octanol–water partition coefficient (Wildman–Crippen LogP) is 5.41. The van der Waals surface area contributed by atoms with Crippen molar-refractivity contribution < 1.29 is 9.21 Å². The highest BCUT2D eigenvalue weighted by Gasteiger charge is 2.09. The number of aromatic nitrogens is 1. The van der Waals surface area contributed by atoms with Crippen LogP contribution in [0.25, 0.3) is 22.2 Å². The van der Waals surface area contributed by atoms with E-state index in [9.17, 15) is 9.59 Å². The molecule has 0 fully saturated rings. The molecule has 0 saturated carbocycles. The van der Waals surface area contributed by atoms with Crippen molar-refractivity contribution in [1.82, 2.24) is 4.98 Å². The molecule has 0 atom stereocenters. The van der Waals surface area contributed by atoms with Gasteiger partial charge in [0.15, 0.2) is 4.34 Å². The lowest BCUT2D eigenvalue weighted by Crippen LogP contribution is -2.13. The molecule has 0 saturated heterocycles. The van der Waals surface area contributed by atoms with Crippen LogP contribution in [-0.2, 0) is 4.79 Å². The summed E-state index contributed by atoms with van der Waals surface area (Å²) in [5, 5.41) is 5.60. The van der Waals surface area contributed by atoms with Crippen LogP contribution >= 0.6 is 39.0 Å². The number of halogens is 1. The molecule has 140 valence electrons. The predicted molar refractivity (Wildman–Crippen MR) is 117 cm³/mol. The molecule has 0 radical (unpaired) electrons. The van der Waals surface area contributed by atoms with Crippen LogP contribution in [0.2, 0.25) is 0 Å². The normalized spacial score (nSPS) is 10.9. The maximum atomic E-state index is 12.3. The number of anilines is 1.